The molecule has 0 aromatic heterocycles. The van der Waals surface area contributed by atoms with Gasteiger partial charge in [-0.15, -0.1) is 0 Å². The Balaban J connectivity index is 2.37. The molecule has 0 saturated heterocycles. The molecule has 1 atom stereocenters. The largest absolute Gasteiger partial charge is 0.353 e. The first kappa shape index (κ1) is 14.5. The zero-order valence-corrected chi connectivity index (χ0v) is 11.2. The van der Waals surface area contributed by atoms with Crippen molar-refractivity contribution in [1.82, 2.24) is 5.32 Å². The Labute approximate surface area is 106 Å². The zero-order chi connectivity index (χ0) is 12.5. The highest BCUT2D eigenvalue weighted by molar-refractivity contribution is 5.78. The first-order valence-corrected chi connectivity index (χ1v) is 7.28. The summed E-state index contributed by atoms with van der Waals surface area (Å²) in [5.74, 6) is 0.523. The van der Waals surface area contributed by atoms with Crippen LogP contribution in [0.5, 0.6) is 0 Å². The molecule has 1 aliphatic rings. The van der Waals surface area contributed by atoms with Crippen molar-refractivity contribution in [2.45, 2.75) is 70.8 Å². The third kappa shape index (κ3) is 5.53. The van der Waals surface area contributed by atoms with Crippen LogP contribution in [0, 0.1) is 5.92 Å². The summed E-state index contributed by atoms with van der Waals surface area (Å²) in [4.78, 5) is 12.2. The van der Waals surface area contributed by atoms with Crippen molar-refractivity contribution in [2.24, 2.45) is 11.7 Å². The van der Waals surface area contributed by atoms with Crippen LogP contribution in [0.3, 0.4) is 0 Å². The predicted molar refractivity (Wildman–Crippen MR) is 71.7 cm³/mol. The van der Waals surface area contributed by atoms with Crippen LogP contribution in [0.4, 0.5) is 0 Å². The quantitative estimate of drug-likeness (QED) is 0.776. The van der Waals surface area contributed by atoms with Crippen LogP contribution >= 0.6 is 0 Å². The molecule has 1 saturated carbocycles. The summed E-state index contributed by atoms with van der Waals surface area (Å²) in [5.41, 5.74) is 5.55. The molecule has 3 heteroatoms. The Bertz CT molecular complexity index is 210. The van der Waals surface area contributed by atoms with E-state index in [1.807, 2.05) is 0 Å². The molecule has 1 unspecified atom stereocenters. The maximum absolute atomic E-state index is 12.2. The first-order valence-electron chi connectivity index (χ1n) is 7.28. The predicted octanol–water partition coefficient (Wildman–Crippen LogP) is 2.59. The van der Waals surface area contributed by atoms with Gasteiger partial charge in [0, 0.05) is 12.0 Å². The van der Waals surface area contributed by atoms with Gasteiger partial charge in [-0.25, -0.2) is 0 Å². The summed E-state index contributed by atoms with van der Waals surface area (Å²) in [6.07, 6.45) is 10.4. The van der Waals surface area contributed by atoms with E-state index in [2.05, 4.69) is 12.2 Å². The lowest BCUT2D eigenvalue weighted by Gasteiger charge is -2.23. The Kier molecular flexibility index (Phi) is 7.25. The van der Waals surface area contributed by atoms with E-state index in [4.69, 9.17) is 5.73 Å². The van der Waals surface area contributed by atoms with Crippen LogP contribution in [0.25, 0.3) is 0 Å². The van der Waals surface area contributed by atoms with Gasteiger partial charge < -0.3 is 11.1 Å². The highest BCUT2D eigenvalue weighted by atomic mass is 16.1. The molecular formula is C14H28N2O. The highest BCUT2D eigenvalue weighted by Gasteiger charge is 2.20. The Hall–Kier alpha value is -0.570. The van der Waals surface area contributed by atoms with Crippen molar-refractivity contribution < 1.29 is 4.79 Å². The smallest absolute Gasteiger partial charge is 0.223 e. The van der Waals surface area contributed by atoms with Crippen molar-refractivity contribution in [1.29, 1.82) is 0 Å². The molecule has 1 fully saturated rings. The van der Waals surface area contributed by atoms with E-state index >= 15 is 0 Å². The number of hydrogen-bond donors (Lipinski definition) is 2. The third-order valence-electron chi connectivity index (χ3n) is 3.83. The number of carbonyl (C=O) groups excluding carboxylic acids is 1. The molecule has 3 nitrogen and oxygen atoms in total. The topological polar surface area (TPSA) is 55.1 Å². The Morgan fingerprint density at radius 1 is 1.24 bits per heavy atom. The maximum Gasteiger partial charge on any atom is 0.223 e. The van der Waals surface area contributed by atoms with E-state index in [-0.39, 0.29) is 17.9 Å². The lowest BCUT2D eigenvalue weighted by atomic mass is 9.90. The maximum atomic E-state index is 12.2. The molecule has 0 bridgehead atoms. The molecule has 0 aromatic rings. The summed E-state index contributed by atoms with van der Waals surface area (Å²) < 4.78 is 0. The summed E-state index contributed by atoms with van der Waals surface area (Å²) in [7, 11) is 0. The molecular weight excluding hydrogens is 212 g/mol. The van der Waals surface area contributed by atoms with Crippen LogP contribution in [0.15, 0.2) is 0 Å². The van der Waals surface area contributed by atoms with E-state index in [1.165, 1.54) is 32.1 Å². The minimum atomic E-state index is 0.252. The normalized spacial score (nSPS) is 20.4. The molecule has 1 rings (SSSR count). The second-order valence-electron chi connectivity index (χ2n) is 5.23. The van der Waals surface area contributed by atoms with E-state index in [1.54, 1.807) is 0 Å². The fourth-order valence-corrected chi connectivity index (χ4v) is 2.62. The van der Waals surface area contributed by atoms with Gasteiger partial charge in [0.1, 0.15) is 0 Å². The van der Waals surface area contributed by atoms with Crippen LogP contribution < -0.4 is 11.1 Å². The van der Waals surface area contributed by atoms with Crippen molar-refractivity contribution in [3.8, 4) is 0 Å². The second kappa shape index (κ2) is 8.51. The van der Waals surface area contributed by atoms with Gasteiger partial charge in [-0.2, -0.15) is 0 Å². The molecule has 17 heavy (non-hydrogen) atoms. The average Bonchev–Trinajstić information content (AvgIpc) is 2.27. The van der Waals surface area contributed by atoms with Crippen LogP contribution in [-0.4, -0.2) is 18.5 Å². The summed E-state index contributed by atoms with van der Waals surface area (Å²) in [6, 6.07) is 0.276. The summed E-state index contributed by atoms with van der Waals surface area (Å²) in [5, 5.41) is 3.17. The number of carbonyl (C=O) groups is 1. The molecule has 3 N–H and O–H groups in total. The number of nitrogens with two attached hydrogens (primary N) is 1. The minimum absolute atomic E-state index is 0.252. The molecule has 0 aliphatic heterocycles. The molecule has 100 valence electrons. The van der Waals surface area contributed by atoms with Gasteiger partial charge in [0.05, 0.1) is 0 Å². The van der Waals surface area contributed by atoms with Crippen molar-refractivity contribution in [3.63, 3.8) is 0 Å². The number of nitrogens with one attached hydrogen (secondary N) is 1. The fraction of sp³-hybridized carbons (Fsp3) is 0.929. The Morgan fingerprint density at radius 2 is 1.82 bits per heavy atom. The van der Waals surface area contributed by atoms with Gasteiger partial charge in [0.25, 0.3) is 0 Å². The van der Waals surface area contributed by atoms with Gasteiger partial charge in [-0.1, -0.05) is 39.0 Å². The van der Waals surface area contributed by atoms with Gasteiger partial charge in [0.15, 0.2) is 0 Å². The van der Waals surface area contributed by atoms with E-state index < -0.39 is 0 Å². The fourth-order valence-electron chi connectivity index (χ4n) is 2.62. The van der Waals surface area contributed by atoms with Gasteiger partial charge in [-0.05, 0) is 32.2 Å². The van der Waals surface area contributed by atoms with Crippen LogP contribution in [-0.2, 0) is 4.79 Å². The van der Waals surface area contributed by atoms with Gasteiger partial charge in [0.2, 0.25) is 5.91 Å². The van der Waals surface area contributed by atoms with E-state index in [0.29, 0.717) is 6.54 Å². The summed E-state index contributed by atoms with van der Waals surface area (Å²) >= 11 is 0. The third-order valence-corrected chi connectivity index (χ3v) is 3.83. The molecule has 1 amide bonds. The van der Waals surface area contributed by atoms with E-state index in [0.717, 1.165) is 25.7 Å². The average molecular weight is 240 g/mol. The molecule has 1 aliphatic carbocycles. The minimum Gasteiger partial charge on any atom is -0.353 e. The zero-order valence-electron chi connectivity index (χ0n) is 11.2. The van der Waals surface area contributed by atoms with Crippen LogP contribution in [0.1, 0.15) is 64.7 Å². The highest BCUT2D eigenvalue weighted by Crippen LogP contribution is 2.22. The number of amides is 1. The Morgan fingerprint density at radius 3 is 2.35 bits per heavy atom. The van der Waals surface area contributed by atoms with E-state index in [9.17, 15) is 4.79 Å². The standard InChI is InChI=1S/C14H28N2O/c1-2-13(10-11-15)16-14(17)12-8-6-4-3-5-7-9-12/h12-13H,2-11,15H2,1H3,(H,16,17). The van der Waals surface area contributed by atoms with Crippen molar-refractivity contribution in [2.75, 3.05) is 6.54 Å². The molecule has 0 heterocycles. The van der Waals surface area contributed by atoms with Gasteiger partial charge >= 0.3 is 0 Å². The lowest BCUT2D eigenvalue weighted by molar-refractivity contribution is -0.126. The van der Waals surface area contributed by atoms with Crippen molar-refractivity contribution in [3.05, 3.63) is 0 Å². The SMILES string of the molecule is CCC(CCN)NC(=O)C1CCCCCCC1. The van der Waals surface area contributed by atoms with Gasteiger partial charge in [-0.3, -0.25) is 4.79 Å². The molecule has 0 spiro atoms. The lowest BCUT2D eigenvalue weighted by Crippen LogP contribution is -2.39. The monoisotopic (exact) mass is 240 g/mol. The number of rotatable bonds is 5. The molecule has 0 aromatic carbocycles. The van der Waals surface area contributed by atoms with Crippen molar-refractivity contribution >= 4 is 5.91 Å². The first-order chi connectivity index (χ1) is 8.27. The molecule has 0 radical (unpaired) electrons. The number of hydrogen-bond acceptors (Lipinski definition) is 2. The second-order valence-corrected chi connectivity index (χ2v) is 5.23. The van der Waals surface area contributed by atoms with Crippen LogP contribution in [0.2, 0.25) is 0 Å². The summed E-state index contributed by atoms with van der Waals surface area (Å²) in [6.45, 7) is 2.77.